The van der Waals surface area contributed by atoms with E-state index in [2.05, 4.69) is 12.2 Å². The maximum atomic E-state index is 10.1. The topological polar surface area (TPSA) is 32.3 Å². The van der Waals surface area contributed by atoms with Gasteiger partial charge in [0.25, 0.3) is 0 Å². The second kappa shape index (κ2) is 5.12. The summed E-state index contributed by atoms with van der Waals surface area (Å²) >= 11 is 7.24. The first-order valence-electron chi connectivity index (χ1n) is 4.75. The molecule has 4 heteroatoms. The van der Waals surface area contributed by atoms with Gasteiger partial charge >= 0.3 is 0 Å². The molecule has 0 aliphatic carbocycles. The Labute approximate surface area is 93.9 Å². The third-order valence-corrected chi connectivity index (χ3v) is 3.48. The Kier molecular flexibility index (Phi) is 4.38. The first-order valence-corrected chi connectivity index (χ1v) is 5.94. The fourth-order valence-electron chi connectivity index (χ4n) is 1.20. The molecule has 0 aliphatic rings. The van der Waals surface area contributed by atoms with Crippen molar-refractivity contribution in [2.75, 3.05) is 13.1 Å². The highest BCUT2D eigenvalue weighted by atomic mass is 35.5. The molecule has 0 aromatic carbocycles. The summed E-state index contributed by atoms with van der Waals surface area (Å²) in [4.78, 5) is 0.908. The lowest BCUT2D eigenvalue weighted by atomic mass is 10.1. The summed E-state index contributed by atoms with van der Waals surface area (Å²) in [5.74, 6) is 0. The third kappa shape index (κ3) is 3.24. The van der Waals surface area contributed by atoms with Gasteiger partial charge in [-0.2, -0.15) is 0 Å². The third-order valence-electron chi connectivity index (χ3n) is 2.00. The molecule has 0 spiro atoms. The maximum absolute atomic E-state index is 10.1. The highest BCUT2D eigenvalue weighted by Gasteiger charge is 2.24. The predicted octanol–water partition coefficient (Wildman–Crippen LogP) is 2.61. The first-order chi connectivity index (χ1) is 6.56. The average molecular weight is 234 g/mol. The van der Waals surface area contributed by atoms with Crippen LogP contribution in [0, 0.1) is 0 Å². The van der Waals surface area contributed by atoms with E-state index in [4.69, 9.17) is 11.6 Å². The molecule has 0 radical (unpaired) electrons. The van der Waals surface area contributed by atoms with E-state index in [1.807, 2.05) is 12.1 Å². The summed E-state index contributed by atoms with van der Waals surface area (Å²) in [6.45, 7) is 5.40. The van der Waals surface area contributed by atoms with Crippen LogP contribution in [0.25, 0.3) is 0 Å². The Morgan fingerprint density at radius 3 is 2.79 bits per heavy atom. The summed E-state index contributed by atoms with van der Waals surface area (Å²) in [5, 5.41) is 13.3. The Hall–Kier alpha value is -0.0900. The van der Waals surface area contributed by atoms with Crippen LogP contribution in [0.2, 0.25) is 4.34 Å². The molecule has 0 fully saturated rings. The minimum Gasteiger partial charge on any atom is -0.383 e. The summed E-state index contributed by atoms with van der Waals surface area (Å²) in [5.41, 5.74) is -0.813. The maximum Gasteiger partial charge on any atom is 0.108 e. The van der Waals surface area contributed by atoms with E-state index in [1.165, 1.54) is 11.3 Å². The van der Waals surface area contributed by atoms with Crippen molar-refractivity contribution >= 4 is 22.9 Å². The second-order valence-electron chi connectivity index (χ2n) is 3.55. The Morgan fingerprint density at radius 1 is 1.57 bits per heavy atom. The fraction of sp³-hybridized carbons (Fsp3) is 0.600. The van der Waals surface area contributed by atoms with Crippen LogP contribution in [0.15, 0.2) is 12.1 Å². The Morgan fingerprint density at radius 2 is 2.29 bits per heavy atom. The van der Waals surface area contributed by atoms with Crippen LogP contribution in [0.4, 0.5) is 0 Å². The molecular formula is C10H16ClNOS. The molecule has 0 amide bonds. The highest BCUT2D eigenvalue weighted by Crippen LogP contribution is 2.30. The van der Waals surface area contributed by atoms with Crippen molar-refractivity contribution in [1.82, 2.24) is 5.32 Å². The normalized spacial score (nSPS) is 15.4. The van der Waals surface area contributed by atoms with Gasteiger partial charge in [0, 0.05) is 11.4 Å². The van der Waals surface area contributed by atoms with E-state index < -0.39 is 5.60 Å². The van der Waals surface area contributed by atoms with Gasteiger partial charge in [0.05, 0.1) is 4.34 Å². The van der Waals surface area contributed by atoms with Crippen LogP contribution < -0.4 is 5.32 Å². The molecule has 80 valence electrons. The molecule has 14 heavy (non-hydrogen) atoms. The standard InChI is InChI=1S/C10H16ClNOS/c1-3-6-12-7-10(2,13)8-4-5-9(11)14-8/h4-5,12-13H,3,6-7H2,1-2H3. The fourth-order valence-corrected chi connectivity index (χ4v) is 2.29. The number of halogens is 1. The SMILES string of the molecule is CCCNCC(C)(O)c1ccc(Cl)s1. The van der Waals surface area contributed by atoms with Crippen molar-refractivity contribution in [1.29, 1.82) is 0 Å². The van der Waals surface area contributed by atoms with Gasteiger partial charge in [0.2, 0.25) is 0 Å². The van der Waals surface area contributed by atoms with E-state index in [-0.39, 0.29) is 0 Å². The highest BCUT2D eigenvalue weighted by molar-refractivity contribution is 7.16. The lowest BCUT2D eigenvalue weighted by Gasteiger charge is -2.22. The van der Waals surface area contributed by atoms with Crippen LogP contribution in [0.3, 0.4) is 0 Å². The van der Waals surface area contributed by atoms with E-state index >= 15 is 0 Å². The molecule has 1 unspecified atom stereocenters. The number of thiophene rings is 1. The zero-order valence-electron chi connectivity index (χ0n) is 8.51. The average Bonchev–Trinajstić information content (AvgIpc) is 2.53. The van der Waals surface area contributed by atoms with Crippen LogP contribution in [0.5, 0.6) is 0 Å². The van der Waals surface area contributed by atoms with Crippen molar-refractivity contribution < 1.29 is 5.11 Å². The zero-order chi connectivity index (χ0) is 10.6. The molecule has 0 bridgehead atoms. The lowest BCUT2D eigenvalue weighted by Crippen LogP contribution is -2.35. The largest absolute Gasteiger partial charge is 0.383 e. The quantitative estimate of drug-likeness (QED) is 0.767. The van der Waals surface area contributed by atoms with Crippen LogP contribution in [0.1, 0.15) is 25.1 Å². The van der Waals surface area contributed by atoms with Gasteiger partial charge in [-0.25, -0.2) is 0 Å². The number of hydrogen-bond donors (Lipinski definition) is 2. The lowest BCUT2D eigenvalue weighted by molar-refractivity contribution is 0.0610. The van der Waals surface area contributed by atoms with Gasteiger partial charge in [0.15, 0.2) is 0 Å². The molecule has 0 saturated carbocycles. The van der Waals surface area contributed by atoms with Crippen molar-refractivity contribution in [2.24, 2.45) is 0 Å². The molecule has 1 heterocycles. The predicted molar refractivity (Wildman–Crippen MR) is 62.1 cm³/mol. The molecule has 1 aromatic rings. The van der Waals surface area contributed by atoms with E-state index in [1.54, 1.807) is 6.92 Å². The minimum absolute atomic E-state index is 0.567. The zero-order valence-corrected chi connectivity index (χ0v) is 10.1. The molecule has 0 aliphatic heterocycles. The van der Waals surface area contributed by atoms with Gasteiger partial charge in [-0.1, -0.05) is 18.5 Å². The second-order valence-corrected chi connectivity index (χ2v) is 5.27. The van der Waals surface area contributed by atoms with Gasteiger partial charge in [-0.05, 0) is 32.0 Å². The van der Waals surface area contributed by atoms with E-state index in [0.717, 1.165) is 22.2 Å². The molecule has 2 N–H and O–H groups in total. The van der Waals surface area contributed by atoms with Crippen LogP contribution >= 0.6 is 22.9 Å². The van der Waals surface area contributed by atoms with Gasteiger partial charge < -0.3 is 10.4 Å². The van der Waals surface area contributed by atoms with E-state index in [0.29, 0.717) is 6.54 Å². The molecule has 2 nitrogen and oxygen atoms in total. The van der Waals surface area contributed by atoms with Gasteiger partial charge in [-0.15, -0.1) is 11.3 Å². The molecule has 1 rings (SSSR count). The first kappa shape index (κ1) is 12.0. The van der Waals surface area contributed by atoms with Gasteiger partial charge in [0.1, 0.15) is 5.60 Å². The number of rotatable bonds is 5. The molecule has 0 saturated heterocycles. The monoisotopic (exact) mass is 233 g/mol. The van der Waals surface area contributed by atoms with E-state index in [9.17, 15) is 5.11 Å². The summed E-state index contributed by atoms with van der Waals surface area (Å²) in [6, 6.07) is 3.69. The number of nitrogens with one attached hydrogen (secondary N) is 1. The van der Waals surface area contributed by atoms with Crippen molar-refractivity contribution in [2.45, 2.75) is 25.9 Å². The Bertz CT molecular complexity index is 285. The number of hydrogen-bond acceptors (Lipinski definition) is 3. The molecular weight excluding hydrogens is 218 g/mol. The van der Waals surface area contributed by atoms with Crippen molar-refractivity contribution in [3.63, 3.8) is 0 Å². The summed E-state index contributed by atoms with van der Waals surface area (Å²) < 4.78 is 0.718. The molecule has 1 aromatic heterocycles. The van der Waals surface area contributed by atoms with Crippen LogP contribution in [-0.4, -0.2) is 18.2 Å². The smallest absolute Gasteiger partial charge is 0.108 e. The summed E-state index contributed by atoms with van der Waals surface area (Å²) in [6.07, 6.45) is 1.07. The number of aliphatic hydroxyl groups is 1. The van der Waals surface area contributed by atoms with Crippen molar-refractivity contribution in [3.05, 3.63) is 21.3 Å². The van der Waals surface area contributed by atoms with Gasteiger partial charge in [-0.3, -0.25) is 0 Å². The van der Waals surface area contributed by atoms with Crippen LogP contribution in [-0.2, 0) is 5.60 Å². The molecule has 1 atom stereocenters. The Balaban J connectivity index is 2.56. The minimum atomic E-state index is -0.813. The summed E-state index contributed by atoms with van der Waals surface area (Å²) in [7, 11) is 0. The van der Waals surface area contributed by atoms with Crippen molar-refractivity contribution in [3.8, 4) is 0 Å².